The van der Waals surface area contributed by atoms with Crippen LogP contribution in [0, 0.1) is 16.7 Å². The van der Waals surface area contributed by atoms with Crippen LogP contribution in [0.5, 0.6) is 0 Å². The Morgan fingerprint density at radius 2 is 1.64 bits per heavy atom. The van der Waals surface area contributed by atoms with Crippen LogP contribution in [0.4, 0.5) is 0 Å². The Balaban J connectivity index is 2.12. The number of likely N-dealkylation sites (tertiary alicyclic amines) is 1. The maximum Gasteiger partial charge on any atom is 0.222 e. The molecule has 1 saturated heterocycles. The molecule has 1 rings (SSSR count). The number of oxime groups is 1. The van der Waals surface area contributed by atoms with Crippen molar-refractivity contribution in [2.75, 3.05) is 19.7 Å². The largest absolute Gasteiger partial charge is 0.396 e. The summed E-state index contributed by atoms with van der Waals surface area (Å²) in [7, 11) is 0. The number of hydrogen-bond acceptors (Lipinski definition) is 3. The molecule has 0 atom stereocenters. The van der Waals surface area contributed by atoms with E-state index in [9.17, 15) is 4.79 Å². The van der Waals surface area contributed by atoms with Gasteiger partial charge in [-0.05, 0) is 50.4 Å². The Bertz CT molecular complexity index is 436. The molecule has 1 amide bonds. The molecule has 0 radical (unpaired) electrons. The Labute approximate surface area is 155 Å². The van der Waals surface area contributed by atoms with Crippen LogP contribution in [0.2, 0.25) is 0 Å². The van der Waals surface area contributed by atoms with Gasteiger partial charge in [0, 0.05) is 24.9 Å². The number of hydrogen-bond donors (Lipinski definition) is 0. The van der Waals surface area contributed by atoms with Gasteiger partial charge < -0.3 is 9.74 Å². The standard InChI is InChI=1S/C21H40N2O2/c1-17(20(2,3)4)22-25-16-10-8-9-11-19(24)23-14-12-18(13-15-23)21(5,6)7/h18H,8-16H2,1-7H3/b22-17+. The minimum absolute atomic E-state index is 0.0624. The van der Waals surface area contributed by atoms with Gasteiger partial charge >= 0.3 is 0 Å². The summed E-state index contributed by atoms with van der Waals surface area (Å²) in [6.07, 6.45) is 5.89. The number of amides is 1. The second-order valence-corrected chi connectivity index (χ2v) is 9.59. The molecule has 0 aromatic carbocycles. The van der Waals surface area contributed by atoms with E-state index >= 15 is 0 Å². The molecule has 0 bridgehead atoms. The Morgan fingerprint density at radius 3 is 2.16 bits per heavy atom. The molecule has 0 spiro atoms. The van der Waals surface area contributed by atoms with E-state index in [0.717, 1.165) is 56.8 Å². The molecule has 25 heavy (non-hydrogen) atoms. The summed E-state index contributed by atoms with van der Waals surface area (Å²) in [4.78, 5) is 19.8. The molecule has 0 N–H and O–H groups in total. The number of piperidine rings is 1. The van der Waals surface area contributed by atoms with Crippen LogP contribution >= 0.6 is 0 Å². The highest BCUT2D eigenvalue weighted by molar-refractivity contribution is 5.86. The molecule has 0 aliphatic carbocycles. The van der Waals surface area contributed by atoms with Crippen LogP contribution in [-0.2, 0) is 9.63 Å². The smallest absolute Gasteiger partial charge is 0.222 e. The molecule has 146 valence electrons. The van der Waals surface area contributed by atoms with E-state index in [0.29, 0.717) is 24.3 Å². The summed E-state index contributed by atoms with van der Waals surface area (Å²) in [6.45, 7) is 17.8. The summed E-state index contributed by atoms with van der Waals surface area (Å²) in [5, 5.41) is 4.17. The van der Waals surface area contributed by atoms with Gasteiger partial charge in [-0.1, -0.05) is 46.7 Å². The van der Waals surface area contributed by atoms with Crippen molar-refractivity contribution < 1.29 is 9.63 Å². The second-order valence-electron chi connectivity index (χ2n) is 9.59. The lowest BCUT2D eigenvalue weighted by molar-refractivity contribution is -0.133. The molecule has 1 heterocycles. The van der Waals surface area contributed by atoms with Gasteiger partial charge in [-0.2, -0.15) is 0 Å². The topological polar surface area (TPSA) is 41.9 Å². The van der Waals surface area contributed by atoms with Crippen molar-refractivity contribution in [3.8, 4) is 0 Å². The third-order valence-corrected chi connectivity index (χ3v) is 5.49. The maximum atomic E-state index is 12.3. The molecule has 0 unspecified atom stereocenters. The fourth-order valence-corrected chi connectivity index (χ4v) is 3.05. The van der Waals surface area contributed by atoms with E-state index in [1.165, 1.54) is 0 Å². The van der Waals surface area contributed by atoms with E-state index in [1.54, 1.807) is 0 Å². The van der Waals surface area contributed by atoms with Crippen molar-refractivity contribution in [2.45, 2.75) is 87.0 Å². The third-order valence-electron chi connectivity index (χ3n) is 5.49. The Morgan fingerprint density at radius 1 is 1.04 bits per heavy atom. The lowest BCUT2D eigenvalue weighted by Crippen LogP contribution is -2.41. The zero-order chi connectivity index (χ0) is 19.1. The van der Waals surface area contributed by atoms with Gasteiger partial charge in [0.25, 0.3) is 0 Å². The first-order valence-electron chi connectivity index (χ1n) is 9.96. The number of carbonyl (C=O) groups excluding carboxylic acids is 1. The van der Waals surface area contributed by atoms with Crippen molar-refractivity contribution in [3.05, 3.63) is 0 Å². The van der Waals surface area contributed by atoms with E-state index in [4.69, 9.17) is 4.84 Å². The number of carbonyl (C=O) groups is 1. The SMILES string of the molecule is C/C(=N\OCCCCCC(=O)N1CCC(C(C)(C)C)CC1)C(C)(C)C. The number of unbranched alkanes of at least 4 members (excludes halogenated alkanes) is 2. The fourth-order valence-electron chi connectivity index (χ4n) is 3.05. The minimum Gasteiger partial charge on any atom is -0.396 e. The highest BCUT2D eigenvalue weighted by Gasteiger charge is 2.30. The molecule has 4 heteroatoms. The lowest BCUT2D eigenvalue weighted by atomic mass is 9.75. The van der Waals surface area contributed by atoms with Crippen LogP contribution in [0.15, 0.2) is 5.16 Å². The van der Waals surface area contributed by atoms with Crippen molar-refractivity contribution in [2.24, 2.45) is 21.9 Å². The van der Waals surface area contributed by atoms with E-state index < -0.39 is 0 Å². The summed E-state index contributed by atoms with van der Waals surface area (Å²) < 4.78 is 0. The normalized spacial score (nSPS) is 17.7. The molecule has 0 aromatic rings. The maximum absolute atomic E-state index is 12.3. The van der Waals surface area contributed by atoms with Gasteiger partial charge in [0.2, 0.25) is 5.91 Å². The first kappa shape index (κ1) is 22.0. The van der Waals surface area contributed by atoms with E-state index in [-0.39, 0.29) is 5.41 Å². The molecule has 1 aliphatic rings. The van der Waals surface area contributed by atoms with Crippen molar-refractivity contribution in [3.63, 3.8) is 0 Å². The third kappa shape index (κ3) is 8.24. The second kappa shape index (κ2) is 9.59. The molecular formula is C21H40N2O2. The predicted molar refractivity (Wildman–Crippen MR) is 106 cm³/mol. The van der Waals surface area contributed by atoms with Crippen LogP contribution in [0.25, 0.3) is 0 Å². The van der Waals surface area contributed by atoms with E-state index in [1.807, 2.05) is 6.92 Å². The predicted octanol–water partition coefficient (Wildman–Crippen LogP) is 5.27. The van der Waals surface area contributed by atoms with Crippen molar-refractivity contribution in [1.29, 1.82) is 0 Å². The van der Waals surface area contributed by atoms with Gasteiger partial charge in [0.15, 0.2) is 0 Å². The number of nitrogens with zero attached hydrogens (tertiary/aromatic N) is 2. The first-order valence-corrected chi connectivity index (χ1v) is 9.96. The van der Waals surface area contributed by atoms with Gasteiger partial charge in [-0.25, -0.2) is 0 Å². The average molecular weight is 353 g/mol. The first-order chi connectivity index (χ1) is 11.5. The average Bonchev–Trinajstić information content (AvgIpc) is 2.51. The quantitative estimate of drug-likeness (QED) is 0.356. The summed E-state index contributed by atoms with van der Waals surface area (Å²) in [5.41, 5.74) is 1.44. The lowest BCUT2D eigenvalue weighted by Gasteiger charge is -2.38. The van der Waals surface area contributed by atoms with E-state index in [2.05, 4.69) is 51.6 Å². The van der Waals surface area contributed by atoms with Crippen LogP contribution in [0.1, 0.15) is 87.0 Å². The Hall–Kier alpha value is -1.06. The molecular weight excluding hydrogens is 312 g/mol. The van der Waals surface area contributed by atoms with Crippen LogP contribution in [0.3, 0.4) is 0 Å². The Kier molecular flexibility index (Phi) is 8.43. The molecule has 0 saturated carbocycles. The monoisotopic (exact) mass is 352 g/mol. The fraction of sp³-hybridized carbons (Fsp3) is 0.905. The van der Waals surface area contributed by atoms with Crippen LogP contribution < -0.4 is 0 Å². The molecule has 4 nitrogen and oxygen atoms in total. The van der Waals surface area contributed by atoms with Gasteiger partial charge in [-0.15, -0.1) is 0 Å². The molecule has 0 aromatic heterocycles. The molecule has 1 fully saturated rings. The van der Waals surface area contributed by atoms with Crippen LogP contribution in [-0.4, -0.2) is 36.2 Å². The zero-order valence-corrected chi connectivity index (χ0v) is 17.7. The molecule has 1 aliphatic heterocycles. The van der Waals surface area contributed by atoms with Gasteiger partial charge in [-0.3, -0.25) is 4.79 Å². The zero-order valence-electron chi connectivity index (χ0n) is 17.7. The highest BCUT2D eigenvalue weighted by atomic mass is 16.6. The van der Waals surface area contributed by atoms with Crippen molar-refractivity contribution in [1.82, 2.24) is 4.90 Å². The minimum atomic E-state index is 0.0624. The summed E-state index contributed by atoms with van der Waals surface area (Å²) in [6, 6.07) is 0. The number of rotatable bonds is 7. The van der Waals surface area contributed by atoms with Gasteiger partial charge in [0.05, 0.1) is 5.71 Å². The highest BCUT2D eigenvalue weighted by Crippen LogP contribution is 2.34. The summed E-state index contributed by atoms with van der Waals surface area (Å²) >= 11 is 0. The van der Waals surface area contributed by atoms with Crippen molar-refractivity contribution >= 4 is 11.6 Å². The van der Waals surface area contributed by atoms with Gasteiger partial charge in [0.1, 0.15) is 6.61 Å². The summed E-state index contributed by atoms with van der Waals surface area (Å²) in [5.74, 6) is 1.07.